The molecular formula is C15H16F2N2S. The molecule has 1 aromatic carbocycles. The van der Waals surface area contributed by atoms with Gasteiger partial charge in [0.2, 0.25) is 0 Å². The molecule has 3 N–H and O–H groups in total. The standard InChI is InChI=1S/C15H16F2N2S/c16-11-6-3-5-10(14(11)17)15(19-18)13-8-9-4-1-2-7-12(9)20-13/h3,5-6,8,15,19H,1-2,4,7,18H2. The highest BCUT2D eigenvalue weighted by Crippen LogP contribution is 2.35. The molecule has 0 aliphatic heterocycles. The summed E-state index contributed by atoms with van der Waals surface area (Å²) >= 11 is 1.65. The fourth-order valence-corrected chi connectivity index (χ4v) is 4.06. The predicted molar refractivity (Wildman–Crippen MR) is 76.5 cm³/mol. The number of hydrogen-bond donors (Lipinski definition) is 2. The average molecular weight is 294 g/mol. The van der Waals surface area contributed by atoms with Crippen molar-refractivity contribution in [2.75, 3.05) is 0 Å². The van der Waals surface area contributed by atoms with Crippen molar-refractivity contribution in [1.82, 2.24) is 5.43 Å². The highest BCUT2D eigenvalue weighted by molar-refractivity contribution is 7.12. The van der Waals surface area contributed by atoms with Crippen LogP contribution in [0.2, 0.25) is 0 Å². The molecule has 1 atom stereocenters. The van der Waals surface area contributed by atoms with Gasteiger partial charge < -0.3 is 0 Å². The lowest BCUT2D eigenvalue weighted by atomic mass is 9.98. The quantitative estimate of drug-likeness (QED) is 0.672. The monoisotopic (exact) mass is 294 g/mol. The molecule has 0 amide bonds. The number of hydrazine groups is 1. The van der Waals surface area contributed by atoms with Crippen LogP contribution in [0.5, 0.6) is 0 Å². The molecule has 0 fully saturated rings. The maximum absolute atomic E-state index is 13.9. The van der Waals surface area contributed by atoms with Crippen LogP contribution in [0.3, 0.4) is 0 Å². The predicted octanol–water partition coefficient (Wildman–Crippen LogP) is 3.46. The van der Waals surface area contributed by atoms with Crippen molar-refractivity contribution in [3.8, 4) is 0 Å². The lowest BCUT2D eigenvalue weighted by molar-refractivity contribution is 0.484. The Kier molecular flexibility index (Phi) is 3.83. The van der Waals surface area contributed by atoms with Gasteiger partial charge in [0, 0.05) is 15.3 Å². The first-order valence-electron chi connectivity index (χ1n) is 6.72. The molecule has 1 aliphatic rings. The first-order chi connectivity index (χ1) is 9.70. The largest absolute Gasteiger partial charge is 0.271 e. The molecule has 0 bridgehead atoms. The maximum Gasteiger partial charge on any atom is 0.164 e. The molecule has 0 saturated heterocycles. The van der Waals surface area contributed by atoms with Crippen molar-refractivity contribution in [3.05, 3.63) is 56.8 Å². The maximum atomic E-state index is 13.9. The second-order valence-electron chi connectivity index (χ2n) is 5.05. The second-order valence-corrected chi connectivity index (χ2v) is 6.22. The topological polar surface area (TPSA) is 38.0 Å². The molecule has 0 radical (unpaired) electrons. The Bertz CT molecular complexity index is 601. The second kappa shape index (κ2) is 5.60. The van der Waals surface area contributed by atoms with E-state index in [2.05, 4.69) is 11.5 Å². The van der Waals surface area contributed by atoms with Crippen LogP contribution < -0.4 is 11.3 Å². The van der Waals surface area contributed by atoms with Crippen molar-refractivity contribution in [1.29, 1.82) is 0 Å². The summed E-state index contributed by atoms with van der Waals surface area (Å²) in [5, 5.41) is 0. The summed E-state index contributed by atoms with van der Waals surface area (Å²) in [4.78, 5) is 2.30. The summed E-state index contributed by atoms with van der Waals surface area (Å²) in [6.45, 7) is 0. The van der Waals surface area contributed by atoms with Gasteiger partial charge in [-0.05, 0) is 43.4 Å². The number of fused-ring (bicyclic) bond motifs is 1. The van der Waals surface area contributed by atoms with Crippen molar-refractivity contribution < 1.29 is 8.78 Å². The van der Waals surface area contributed by atoms with E-state index in [-0.39, 0.29) is 5.56 Å². The van der Waals surface area contributed by atoms with Crippen LogP contribution >= 0.6 is 11.3 Å². The number of aryl methyl sites for hydroxylation is 2. The fraction of sp³-hybridized carbons (Fsp3) is 0.333. The third kappa shape index (κ3) is 2.37. The molecule has 0 spiro atoms. The van der Waals surface area contributed by atoms with Gasteiger partial charge in [0.05, 0.1) is 6.04 Å². The molecule has 20 heavy (non-hydrogen) atoms. The minimum atomic E-state index is -0.843. The minimum absolute atomic E-state index is 0.256. The molecule has 1 aromatic heterocycles. The molecule has 1 aliphatic carbocycles. The Morgan fingerprint density at radius 2 is 2.00 bits per heavy atom. The fourth-order valence-electron chi connectivity index (χ4n) is 2.72. The Balaban J connectivity index is 2.01. The Labute approximate surface area is 120 Å². The number of thiophene rings is 1. The van der Waals surface area contributed by atoms with Crippen LogP contribution in [-0.4, -0.2) is 0 Å². The number of halogens is 2. The third-order valence-corrected chi connectivity index (χ3v) is 5.06. The van der Waals surface area contributed by atoms with Crippen molar-refractivity contribution in [3.63, 3.8) is 0 Å². The van der Waals surface area contributed by atoms with Crippen LogP contribution in [0.4, 0.5) is 8.78 Å². The van der Waals surface area contributed by atoms with E-state index in [4.69, 9.17) is 5.84 Å². The van der Waals surface area contributed by atoms with E-state index in [9.17, 15) is 8.78 Å². The third-order valence-electron chi connectivity index (χ3n) is 3.76. The summed E-state index contributed by atoms with van der Waals surface area (Å²) in [6.07, 6.45) is 4.53. The summed E-state index contributed by atoms with van der Waals surface area (Å²) in [6, 6.07) is 5.77. The van der Waals surface area contributed by atoms with Gasteiger partial charge in [-0.25, -0.2) is 14.2 Å². The number of rotatable bonds is 3. The van der Waals surface area contributed by atoms with Crippen LogP contribution in [0.25, 0.3) is 0 Å². The smallest absolute Gasteiger partial charge is 0.164 e. The summed E-state index contributed by atoms with van der Waals surface area (Å²) in [5.74, 6) is 3.91. The number of nitrogens with two attached hydrogens (primary N) is 1. The van der Waals surface area contributed by atoms with Gasteiger partial charge in [-0.15, -0.1) is 11.3 Å². The van der Waals surface area contributed by atoms with Crippen molar-refractivity contribution in [2.45, 2.75) is 31.7 Å². The molecular weight excluding hydrogens is 278 g/mol. The van der Waals surface area contributed by atoms with Crippen LogP contribution in [0, 0.1) is 11.6 Å². The van der Waals surface area contributed by atoms with Gasteiger partial charge in [-0.2, -0.15) is 0 Å². The zero-order valence-electron chi connectivity index (χ0n) is 11.0. The van der Waals surface area contributed by atoms with Gasteiger partial charge >= 0.3 is 0 Å². The van der Waals surface area contributed by atoms with E-state index in [0.29, 0.717) is 0 Å². The number of hydrogen-bond acceptors (Lipinski definition) is 3. The van der Waals surface area contributed by atoms with Crippen molar-refractivity contribution in [2.24, 2.45) is 5.84 Å². The first-order valence-corrected chi connectivity index (χ1v) is 7.54. The molecule has 1 heterocycles. The number of benzene rings is 1. The average Bonchev–Trinajstić information content (AvgIpc) is 2.87. The molecule has 2 aromatic rings. The number of nitrogens with one attached hydrogen (secondary N) is 1. The van der Waals surface area contributed by atoms with E-state index < -0.39 is 17.7 Å². The summed E-state index contributed by atoms with van der Waals surface area (Å²) in [5.41, 5.74) is 4.20. The zero-order valence-corrected chi connectivity index (χ0v) is 11.8. The Morgan fingerprint density at radius 1 is 1.20 bits per heavy atom. The van der Waals surface area contributed by atoms with Gasteiger partial charge in [0.1, 0.15) is 0 Å². The van der Waals surface area contributed by atoms with E-state index in [1.54, 1.807) is 17.4 Å². The van der Waals surface area contributed by atoms with Crippen LogP contribution in [0.1, 0.15) is 39.8 Å². The van der Waals surface area contributed by atoms with Gasteiger partial charge in [-0.3, -0.25) is 5.84 Å². The molecule has 0 saturated carbocycles. The zero-order chi connectivity index (χ0) is 14.1. The highest BCUT2D eigenvalue weighted by Gasteiger charge is 2.23. The van der Waals surface area contributed by atoms with Gasteiger partial charge in [-0.1, -0.05) is 12.1 Å². The minimum Gasteiger partial charge on any atom is -0.271 e. The lowest BCUT2D eigenvalue weighted by Gasteiger charge is -2.15. The SMILES string of the molecule is NNC(c1cc2c(s1)CCCC2)c1cccc(F)c1F. The van der Waals surface area contributed by atoms with E-state index in [0.717, 1.165) is 23.8 Å². The first kappa shape index (κ1) is 13.7. The van der Waals surface area contributed by atoms with Crippen LogP contribution in [-0.2, 0) is 12.8 Å². The summed E-state index contributed by atoms with van der Waals surface area (Å²) < 4.78 is 27.3. The Hall–Kier alpha value is -1.30. The normalized spacial score (nSPS) is 15.9. The van der Waals surface area contributed by atoms with E-state index in [1.165, 1.54) is 29.3 Å². The van der Waals surface area contributed by atoms with Gasteiger partial charge in [0.25, 0.3) is 0 Å². The van der Waals surface area contributed by atoms with E-state index >= 15 is 0 Å². The molecule has 3 rings (SSSR count). The van der Waals surface area contributed by atoms with E-state index in [1.807, 2.05) is 0 Å². The summed E-state index contributed by atoms with van der Waals surface area (Å²) in [7, 11) is 0. The lowest BCUT2D eigenvalue weighted by Crippen LogP contribution is -2.29. The van der Waals surface area contributed by atoms with Crippen LogP contribution in [0.15, 0.2) is 24.3 Å². The highest BCUT2D eigenvalue weighted by atomic mass is 32.1. The van der Waals surface area contributed by atoms with Gasteiger partial charge in [0.15, 0.2) is 11.6 Å². The molecule has 1 unspecified atom stereocenters. The molecule has 5 heteroatoms. The molecule has 2 nitrogen and oxygen atoms in total. The Morgan fingerprint density at radius 3 is 2.75 bits per heavy atom. The van der Waals surface area contributed by atoms with Crippen molar-refractivity contribution >= 4 is 11.3 Å². The molecule has 106 valence electrons.